The van der Waals surface area contributed by atoms with E-state index >= 15 is 0 Å². The van der Waals surface area contributed by atoms with Gasteiger partial charge in [-0.1, -0.05) is 60.7 Å². The Morgan fingerprint density at radius 1 is 1.05 bits per heavy atom. The molecule has 2 heteroatoms. The molecule has 0 aliphatic carbocycles. The summed E-state index contributed by atoms with van der Waals surface area (Å²) < 4.78 is 0. The fraction of sp³-hybridized carbons (Fsp3) is 0.333. The lowest BCUT2D eigenvalue weighted by atomic mass is 10.1. The average molecular weight is 267 g/mol. The first-order valence-electron chi connectivity index (χ1n) is 7.28. The van der Waals surface area contributed by atoms with Crippen molar-refractivity contribution in [3.63, 3.8) is 0 Å². The first-order chi connectivity index (χ1) is 9.75. The Morgan fingerprint density at radius 2 is 1.65 bits per heavy atom. The predicted octanol–water partition coefficient (Wildman–Crippen LogP) is 3.04. The van der Waals surface area contributed by atoms with Crippen LogP contribution in [0.25, 0.3) is 0 Å². The molecule has 1 heterocycles. The molecule has 2 nitrogen and oxygen atoms in total. The molecule has 1 saturated heterocycles. The maximum Gasteiger partial charge on any atom is 0.0748 e. The highest BCUT2D eigenvalue weighted by Gasteiger charge is 2.42. The minimum Gasteiger partial charge on any atom is -0.391 e. The van der Waals surface area contributed by atoms with E-state index in [2.05, 4.69) is 48.2 Å². The van der Waals surface area contributed by atoms with E-state index in [9.17, 15) is 5.11 Å². The van der Waals surface area contributed by atoms with Crippen molar-refractivity contribution in [1.82, 2.24) is 4.90 Å². The molecular formula is C18H21NO. The number of hydrogen-bond donors (Lipinski definition) is 1. The lowest BCUT2D eigenvalue weighted by molar-refractivity contribution is 0.149. The van der Waals surface area contributed by atoms with Crippen LogP contribution < -0.4 is 0 Å². The zero-order valence-corrected chi connectivity index (χ0v) is 11.8. The van der Waals surface area contributed by atoms with Crippen LogP contribution in [0.1, 0.15) is 24.1 Å². The number of aliphatic hydroxyl groups excluding tert-OH is 1. The van der Waals surface area contributed by atoms with E-state index < -0.39 is 0 Å². The van der Waals surface area contributed by atoms with Crippen molar-refractivity contribution in [1.29, 1.82) is 0 Å². The smallest absolute Gasteiger partial charge is 0.0748 e. The summed E-state index contributed by atoms with van der Waals surface area (Å²) in [5.41, 5.74) is 2.53. The second-order valence-corrected chi connectivity index (χ2v) is 5.61. The summed E-state index contributed by atoms with van der Waals surface area (Å²) in [4.78, 5) is 2.36. The van der Waals surface area contributed by atoms with Crippen molar-refractivity contribution >= 4 is 0 Å². The maximum atomic E-state index is 10.4. The molecule has 1 N–H and O–H groups in total. The molecule has 104 valence electrons. The topological polar surface area (TPSA) is 23.2 Å². The van der Waals surface area contributed by atoms with Crippen LogP contribution in [-0.2, 0) is 6.42 Å². The fourth-order valence-corrected chi connectivity index (χ4v) is 2.87. The van der Waals surface area contributed by atoms with E-state index in [1.807, 2.05) is 24.3 Å². The largest absolute Gasteiger partial charge is 0.391 e. The van der Waals surface area contributed by atoms with E-state index in [0.29, 0.717) is 12.1 Å². The Morgan fingerprint density at radius 3 is 2.30 bits per heavy atom. The predicted molar refractivity (Wildman–Crippen MR) is 81.5 cm³/mol. The van der Waals surface area contributed by atoms with Gasteiger partial charge in [0.1, 0.15) is 0 Å². The molecular weight excluding hydrogens is 246 g/mol. The van der Waals surface area contributed by atoms with Gasteiger partial charge in [0.25, 0.3) is 0 Å². The zero-order chi connectivity index (χ0) is 13.9. The van der Waals surface area contributed by atoms with E-state index in [0.717, 1.165) is 13.0 Å². The van der Waals surface area contributed by atoms with Gasteiger partial charge in [-0.05, 0) is 24.5 Å². The van der Waals surface area contributed by atoms with E-state index in [-0.39, 0.29) is 6.10 Å². The fourth-order valence-electron chi connectivity index (χ4n) is 2.87. The molecule has 2 aromatic rings. The van der Waals surface area contributed by atoms with Gasteiger partial charge in [0, 0.05) is 18.6 Å². The van der Waals surface area contributed by atoms with Crippen LogP contribution in [0.15, 0.2) is 60.7 Å². The second kappa shape index (κ2) is 5.78. The molecule has 0 saturated carbocycles. The number of rotatable bonds is 5. The summed E-state index contributed by atoms with van der Waals surface area (Å²) >= 11 is 0. The third kappa shape index (κ3) is 2.92. The Kier molecular flexibility index (Phi) is 3.86. The summed E-state index contributed by atoms with van der Waals surface area (Å²) in [7, 11) is 0. The molecule has 3 unspecified atom stereocenters. The third-order valence-electron chi connectivity index (χ3n) is 4.20. The van der Waals surface area contributed by atoms with Crippen LogP contribution in [-0.4, -0.2) is 28.7 Å². The van der Waals surface area contributed by atoms with E-state index in [1.54, 1.807) is 0 Å². The number of benzene rings is 2. The second-order valence-electron chi connectivity index (χ2n) is 5.61. The molecule has 0 amide bonds. The average Bonchev–Trinajstić information content (AvgIpc) is 3.29. The molecule has 2 aromatic carbocycles. The van der Waals surface area contributed by atoms with Gasteiger partial charge in [-0.3, -0.25) is 4.90 Å². The van der Waals surface area contributed by atoms with Gasteiger partial charge in [-0.15, -0.1) is 0 Å². The Labute approximate surface area is 120 Å². The van der Waals surface area contributed by atoms with E-state index in [4.69, 9.17) is 0 Å². The summed E-state index contributed by atoms with van der Waals surface area (Å²) in [6.45, 7) is 3.20. The highest BCUT2D eigenvalue weighted by Crippen LogP contribution is 2.34. The molecule has 1 aliphatic rings. The van der Waals surface area contributed by atoms with Gasteiger partial charge >= 0.3 is 0 Å². The molecule has 1 fully saturated rings. The maximum absolute atomic E-state index is 10.4. The monoisotopic (exact) mass is 267 g/mol. The molecule has 0 aromatic heterocycles. The molecule has 4 atom stereocenters. The van der Waals surface area contributed by atoms with Gasteiger partial charge in [0.2, 0.25) is 0 Å². The van der Waals surface area contributed by atoms with Gasteiger partial charge in [-0.25, -0.2) is 0 Å². The van der Waals surface area contributed by atoms with Crippen molar-refractivity contribution in [2.24, 2.45) is 0 Å². The Balaban J connectivity index is 1.59. The number of aliphatic hydroxyl groups is 1. The molecule has 0 spiro atoms. The van der Waals surface area contributed by atoms with Gasteiger partial charge in [-0.2, -0.15) is 0 Å². The molecule has 20 heavy (non-hydrogen) atoms. The van der Waals surface area contributed by atoms with Crippen molar-refractivity contribution in [3.05, 3.63) is 71.8 Å². The van der Waals surface area contributed by atoms with Gasteiger partial charge in [0.15, 0.2) is 0 Å². The van der Waals surface area contributed by atoms with Crippen LogP contribution in [0, 0.1) is 0 Å². The minimum absolute atomic E-state index is 0.274. The molecule has 0 radical (unpaired) electrons. The minimum atomic E-state index is -0.274. The lowest BCUT2D eigenvalue weighted by Gasteiger charge is -2.17. The van der Waals surface area contributed by atoms with Crippen molar-refractivity contribution in [2.45, 2.75) is 31.5 Å². The molecule has 3 rings (SSSR count). The summed E-state index contributed by atoms with van der Waals surface area (Å²) in [6, 6.07) is 21.4. The summed E-state index contributed by atoms with van der Waals surface area (Å²) in [5.74, 6) is 0. The van der Waals surface area contributed by atoms with Gasteiger partial charge in [0.05, 0.1) is 6.10 Å². The van der Waals surface area contributed by atoms with Crippen LogP contribution in [0.2, 0.25) is 0 Å². The normalized spacial score (nSPS) is 24.1. The number of hydrogen-bond acceptors (Lipinski definition) is 2. The quantitative estimate of drug-likeness (QED) is 0.842. The van der Waals surface area contributed by atoms with Crippen LogP contribution in [0.5, 0.6) is 0 Å². The highest BCUT2D eigenvalue weighted by molar-refractivity contribution is 5.22. The van der Waals surface area contributed by atoms with Crippen LogP contribution >= 0.6 is 0 Å². The number of nitrogens with zero attached hydrogens (tertiary/aromatic N) is 1. The van der Waals surface area contributed by atoms with Crippen LogP contribution in [0.4, 0.5) is 0 Å². The van der Waals surface area contributed by atoms with Gasteiger partial charge < -0.3 is 5.11 Å². The summed E-state index contributed by atoms with van der Waals surface area (Å²) in [5, 5.41) is 10.4. The SMILES string of the molecule is C[C@@H](c1ccccc1)N1CC1C(O)Cc1ccccc1. The Hall–Kier alpha value is -1.64. The van der Waals surface area contributed by atoms with Crippen molar-refractivity contribution < 1.29 is 5.11 Å². The van der Waals surface area contributed by atoms with Crippen molar-refractivity contribution in [2.75, 3.05) is 6.54 Å². The van der Waals surface area contributed by atoms with E-state index in [1.165, 1.54) is 11.1 Å². The first-order valence-corrected chi connectivity index (χ1v) is 7.28. The zero-order valence-electron chi connectivity index (χ0n) is 11.8. The first kappa shape index (κ1) is 13.3. The highest BCUT2D eigenvalue weighted by atomic mass is 16.3. The lowest BCUT2D eigenvalue weighted by Crippen LogP contribution is -2.23. The third-order valence-corrected chi connectivity index (χ3v) is 4.20. The summed E-state index contributed by atoms with van der Waals surface area (Å²) in [6.07, 6.45) is 0.465. The molecule has 0 bridgehead atoms. The molecule has 1 aliphatic heterocycles. The van der Waals surface area contributed by atoms with Crippen molar-refractivity contribution in [3.8, 4) is 0 Å². The Bertz CT molecular complexity index is 540. The van der Waals surface area contributed by atoms with Crippen LogP contribution in [0.3, 0.4) is 0 Å². The standard InChI is InChI=1S/C18H21NO/c1-14(16-10-6-3-7-11-16)19-13-17(19)18(20)12-15-8-4-2-5-9-15/h2-11,14,17-18,20H,12-13H2,1H3/t14-,17?,18?,19?/m0/s1.